The average Bonchev–Trinajstić information content (AvgIpc) is 2.07. The molecule has 0 saturated carbocycles. The number of halogens is 6. The largest absolute Gasteiger partial charge is 0.673 e. The number of rotatable bonds is 0. The molecule has 0 aliphatic heterocycles. The number of hydrogen-bond acceptors (Lipinski definition) is 1. The average molecular weight is 244 g/mol. The maximum Gasteiger partial charge on any atom is 0.673 e. The van der Waals surface area contributed by atoms with Crippen LogP contribution in [0.3, 0.4) is 0 Å². The first-order valence-electron chi connectivity index (χ1n) is 3.42. The molecule has 0 aliphatic rings. The van der Waals surface area contributed by atoms with Gasteiger partial charge in [0.2, 0.25) is 5.39 Å². The van der Waals surface area contributed by atoms with Gasteiger partial charge in [0, 0.05) is 6.07 Å². The van der Waals surface area contributed by atoms with Crippen LogP contribution in [0.5, 0.6) is 0 Å². The lowest BCUT2D eigenvalue weighted by atomic mass is 10.3. The highest BCUT2D eigenvalue weighted by Crippen LogP contribution is 2.26. The molecular formula is C6H3BClF5N2. The first kappa shape index (κ1) is 13.6. The predicted octanol–water partition coefficient (Wildman–Crippen LogP) is 4.26. The molecule has 0 saturated heterocycles. The normalized spacial score (nSPS) is 9.93. The van der Waals surface area contributed by atoms with Crippen LogP contribution in [0.15, 0.2) is 18.2 Å². The molecule has 1 aromatic rings. The fraction of sp³-hybridized carbons (Fsp3) is 0. The summed E-state index contributed by atoms with van der Waals surface area (Å²) >= 11 is 5.36. The molecule has 0 fully saturated rings. The molecule has 1 aromatic carbocycles. The third kappa shape index (κ3) is 6.68. The summed E-state index contributed by atoms with van der Waals surface area (Å²) in [6, 6.07) is 4.01. The maximum absolute atomic E-state index is 12.5. The first-order chi connectivity index (χ1) is 6.75. The summed E-state index contributed by atoms with van der Waals surface area (Å²) in [4.78, 5) is 2.76. The van der Waals surface area contributed by atoms with Gasteiger partial charge in [-0.15, -0.1) is 0 Å². The summed E-state index contributed by atoms with van der Waals surface area (Å²) in [7, 11) is -6.00. The molecule has 0 bridgehead atoms. The molecule has 0 radical (unpaired) electrons. The summed E-state index contributed by atoms with van der Waals surface area (Å²) in [5.74, 6) is -0.586. The second-order valence-electron chi connectivity index (χ2n) is 2.17. The molecule has 9 heteroatoms. The molecule has 0 aliphatic carbocycles. The zero-order valence-corrected chi connectivity index (χ0v) is 7.73. The molecule has 82 valence electrons. The number of diazo groups is 1. The Kier molecular flexibility index (Phi) is 5.01. The van der Waals surface area contributed by atoms with Gasteiger partial charge in [-0.25, -0.2) is 4.39 Å². The molecule has 0 amide bonds. The molecular weight excluding hydrogens is 241 g/mol. The minimum Gasteiger partial charge on any atom is -0.418 e. The third-order valence-corrected chi connectivity index (χ3v) is 1.41. The van der Waals surface area contributed by atoms with Crippen molar-refractivity contribution in [1.29, 1.82) is 5.39 Å². The Balaban J connectivity index is 0.000000336. The van der Waals surface area contributed by atoms with E-state index in [1.165, 1.54) is 18.2 Å². The molecule has 0 unspecified atom stereocenters. The van der Waals surface area contributed by atoms with Crippen LogP contribution >= 0.6 is 11.6 Å². The van der Waals surface area contributed by atoms with Gasteiger partial charge in [0.25, 0.3) is 0 Å². The Bertz CT molecular complexity index is 369. The van der Waals surface area contributed by atoms with E-state index in [0.29, 0.717) is 0 Å². The van der Waals surface area contributed by atoms with Crippen LogP contribution in [0.1, 0.15) is 0 Å². The fourth-order valence-corrected chi connectivity index (χ4v) is 0.733. The van der Waals surface area contributed by atoms with Gasteiger partial charge in [-0.1, -0.05) is 17.7 Å². The minimum absolute atomic E-state index is 0.0432. The lowest BCUT2D eigenvalue weighted by molar-refractivity contribution is 0.368. The zero-order chi connectivity index (χ0) is 12.1. The van der Waals surface area contributed by atoms with Crippen LogP contribution < -0.4 is 0 Å². The summed E-state index contributed by atoms with van der Waals surface area (Å²) in [6.07, 6.45) is 0. The van der Waals surface area contributed by atoms with Gasteiger partial charge in [0.05, 0.1) is 0 Å². The molecule has 0 spiro atoms. The van der Waals surface area contributed by atoms with E-state index in [4.69, 9.17) is 17.0 Å². The summed E-state index contributed by atoms with van der Waals surface area (Å²) in [5.41, 5.74) is 0.0432. The van der Waals surface area contributed by atoms with Crippen molar-refractivity contribution in [3.8, 4) is 0 Å². The second kappa shape index (κ2) is 5.51. The highest BCUT2D eigenvalue weighted by Gasteiger charge is 2.20. The lowest BCUT2D eigenvalue weighted by Gasteiger charge is -1.94. The quantitative estimate of drug-likeness (QED) is 0.380. The van der Waals surface area contributed by atoms with Crippen molar-refractivity contribution < 1.29 is 21.7 Å². The van der Waals surface area contributed by atoms with Crippen molar-refractivity contribution in [3.05, 3.63) is 34.0 Å². The van der Waals surface area contributed by atoms with Crippen molar-refractivity contribution in [2.75, 3.05) is 0 Å². The van der Waals surface area contributed by atoms with Crippen LogP contribution in [0, 0.1) is 11.2 Å². The lowest BCUT2D eigenvalue weighted by Crippen LogP contribution is -2.02. The van der Waals surface area contributed by atoms with Gasteiger partial charge < -0.3 is 17.3 Å². The van der Waals surface area contributed by atoms with Gasteiger partial charge in [-0.2, -0.15) is 0 Å². The summed E-state index contributed by atoms with van der Waals surface area (Å²) in [5, 5.41) is 8.05. The highest BCUT2D eigenvalue weighted by molar-refractivity contribution is 6.50. The van der Waals surface area contributed by atoms with Crippen LogP contribution in [-0.2, 0) is 0 Å². The zero-order valence-electron chi connectivity index (χ0n) is 6.97. The smallest absolute Gasteiger partial charge is 0.418 e. The Morgan fingerprint density at radius 2 is 1.67 bits per heavy atom. The number of hydrogen-bond donors (Lipinski definition) is 0. The van der Waals surface area contributed by atoms with E-state index < -0.39 is 13.1 Å². The van der Waals surface area contributed by atoms with Gasteiger partial charge >= 0.3 is 12.9 Å². The van der Waals surface area contributed by atoms with Crippen LogP contribution in [0.2, 0.25) is 5.02 Å². The van der Waals surface area contributed by atoms with Crippen molar-refractivity contribution in [2.45, 2.75) is 0 Å². The minimum atomic E-state index is -6.00. The van der Waals surface area contributed by atoms with E-state index in [1.807, 2.05) is 0 Å². The number of nitrogens with zero attached hydrogens (tertiary/aromatic N) is 2. The van der Waals surface area contributed by atoms with Crippen molar-refractivity contribution in [1.82, 2.24) is 0 Å². The van der Waals surface area contributed by atoms with E-state index in [9.17, 15) is 21.7 Å². The molecule has 2 nitrogen and oxygen atoms in total. The van der Waals surface area contributed by atoms with Gasteiger partial charge in [0.1, 0.15) is 5.82 Å². The van der Waals surface area contributed by atoms with E-state index in [-0.39, 0.29) is 10.7 Å². The fourth-order valence-electron chi connectivity index (χ4n) is 0.570. The topological polar surface area (TPSA) is 28.1 Å². The van der Waals surface area contributed by atoms with Gasteiger partial charge in [0.15, 0.2) is 10.00 Å². The Labute approximate surface area is 86.4 Å². The molecule has 0 aromatic heterocycles. The predicted molar refractivity (Wildman–Crippen MR) is 46.3 cm³/mol. The third-order valence-electron chi connectivity index (χ3n) is 1.04. The standard InChI is InChI=1S/C6H3ClFN2.BF4/c7-6-4(8)2-1-3-5(6)10-9;2-1(3,4)5/h1-3H;/q+1;-1. The summed E-state index contributed by atoms with van der Waals surface area (Å²) < 4.78 is 51.5. The molecule has 1 rings (SSSR count). The molecule has 15 heavy (non-hydrogen) atoms. The highest BCUT2D eigenvalue weighted by atomic mass is 35.5. The van der Waals surface area contributed by atoms with Gasteiger partial charge in [-0.05, 0) is 6.07 Å². The monoisotopic (exact) mass is 244 g/mol. The maximum atomic E-state index is 12.5. The van der Waals surface area contributed by atoms with E-state index in [2.05, 4.69) is 4.98 Å². The van der Waals surface area contributed by atoms with Crippen LogP contribution in [0.25, 0.3) is 4.98 Å². The molecule has 0 heterocycles. The molecule has 0 N–H and O–H groups in total. The van der Waals surface area contributed by atoms with Crippen LogP contribution in [0.4, 0.5) is 27.3 Å². The Hall–Kier alpha value is -1.36. The first-order valence-corrected chi connectivity index (χ1v) is 3.80. The number of benzene rings is 1. The van der Waals surface area contributed by atoms with Crippen LogP contribution in [-0.4, -0.2) is 7.25 Å². The van der Waals surface area contributed by atoms with Gasteiger partial charge in [-0.3, -0.25) is 0 Å². The van der Waals surface area contributed by atoms with Crippen molar-refractivity contribution >= 4 is 24.5 Å². The van der Waals surface area contributed by atoms with Crippen molar-refractivity contribution in [3.63, 3.8) is 0 Å². The second-order valence-corrected chi connectivity index (χ2v) is 2.55. The van der Waals surface area contributed by atoms with E-state index in [1.54, 1.807) is 0 Å². The molecule has 0 atom stereocenters. The van der Waals surface area contributed by atoms with Crippen molar-refractivity contribution in [2.24, 2.45) is 0 Å². The van der Waals surface area contributed by atoms with E-state index in [0.717, 1.165) is 0 Å². The Morgan fingerprint density at radius 3 is 2.00 bits per heavy atom. The van der Waals surface area contributed by atoms with E-state index >= 15 is 0 Å². The Morgan fingerprint density at radius 1 is 1.20 bits per heavy atom. The summed E-state index contributed by atoms with van der Waals surface area (Å²) in [6.45, 7) is 0. The SMILES string of the molecule is F[B-](F)(F)F.N#[N+]c1cccc(F)c1Cl.